The molecular formula is C10H11ClN4O2. The Morgan fingerprint density at radius 2 is 2.29 bits per heavy atom. The number of nitrogens with one attached hydrogen (secondary N) is 1. The molecule has 1 saturated heterocycles. The van der Waals surface area contributed by atoms with E-state index in [2.05, 4.69) is 10.3 Å². The predicted octanol–water partition coefficient (Wildman–Crippen LogP) is -0.111. The van der Waals surface area contributed by atoms with Crippen molar-refractivity contribution < 1.29 is 9.59 Å². The fourth-order valence-electron chi connectivity index (χ4n) is 1.57. The molecule has 6 nitrogen and oxygen atoms in total. The lowest BCUT2D eigenvalue weighted by atomic mass is 10.2. The first-order chi connectivity index (χ1) is 8.08. The maximum Gasteiger partial charge on any atom is 0.274 e. The van der Waals surface area contributed by atoms with Crippen LogP contribution in [0.4, 0.5) is 5.82 Å². The number of rotatable bonds is 1. The smallest absolute Gasteiger partial charge is 0.274 e. The summed E-state index contributed by atoms with van der Waals surface area (Å²) in [6, 6.07) is 3.03. The summed E-state index contributed by atoms with van der Waals surface area (Å²) < 4.78 is 0. The highest BCUT2D eigenvalue weighted by molar-refractivity contribution is 6.33. The maximum absolute atomic E-state index is 12.1. The van der Waals surface area contributed by atoms with Gasteiger partial charge in [0, 0.05) is 13.1 Å². The van der Waals surface area contributed by atoms with Crippen LogP contribution in [0.5, 0.6) is 0 Å². The third-order valence-corrected chi connectivity index (χ3v) is 2.70. The second kappa shape index (κ2) is 4.58. The van der Waals surface area contributed by atoms with Gasteiger partial charge in [0.2, 0.25) is 5.91 Å². The molecule has 2 heterocycles. The Labute approximate surface area is 103 Å². The number of carbonyl (C=O) groups is 2. The fourth-order valence-corrected chi connectivity index (χ4v) is 1.76. The van der Waals surface area contributed by atoms with E-state index < -0.39 is 0 Å². The van der Waals surface area contributed by atoms with Crippen LogP contribution in [0.2, 0.25) is 5.02 Å². The Kier molecular flexibility index (Phi) is 3.14. The molecular weight excluding hydrogens is 244 g/mol. The van der Waals surface area contributed by atoms with Gasteiger partial charge in [-0.15, -0.1) is 0 Å². The summed E-state index contributed by atoms with van der Waals surface area (Å²) >= 11 is 5.88. The standard InChI is InChI=1S/C10H11ClN4O2/c11-6-1-2-7(12)14-9(6)10(17)15-4-3-13-8(16)5-15/h1-2H,3-5H2,(H2,12,14)(H,13,16). The number of amides is 2. The minimum atomic E-state index is -0.378. The van der Waals surface area contributed by atoms with Gasteiger partial charge >= 0.3 is 0 Å². The van der Waals surface area contributed by atoms with Gasteiger partial charge in [0.25, 0.3) is 5.91 Å². The maximum atomic E-state index is 12.1. The largest absolute Gasteiger partial charge is 0.384 e. The number of hydrogen-bond acceptors (Lipinski definition) is 4. The second-order valence-corrected chi connectivity index (χ2v) is 4.05. The minimum Gasteiger partial charge on any atom is -0.384 e. The normalized spacial score (nSPS) is 15.6. The van der Waals surface area contributed by atoms with Gasteiger partial charge in [-0.3, -0.25) is 9.59 Å². The molecule has 2 amide bonds. The van der Waals surface area contributed by atoms with Crippen LogP contribution in [0, 0.1) is 0 Å². The molecule has 1 aliphatic heterocycles. The summed E-state index contributed by atoms with van der Waals surface area (Å²) in [7, 11) is 0. The van der Waals surface area contributed by atoms with E-state index in [0.717, 1.165) is 0 Å². The summed E-state index contributed by atoms with van der Waals surface area (Å²) in [5.41, 5.74) is 5.59. The van der Waals surface area contributed by atoms with E-state index in [1.807, 2.05) is 0 Å². The van der Waals surface area contributed by atoms with Crippen molar-refractivity contribution in [1.82, 2.24) is 15.2 Å². The quantitative estimate of drug-likeness (QED) is 0.732. The number of anilines is 1. The number of pyridine rings is 1. The number of nitrogen functional groups attached to an aromatic ring is 1. The van der Waals surface area contributed by atoms with E-state index in [4.69, 9.17) is 17.3 Å². The summed E-state index contributed by atoms with van der Waals surface area (Å²) in [6.07, 6.45) is 0. The van der Waals surface area contributed by atoms with Crippen molar-refractivity contribution >= 4 is 29.2 Å². The highest BCUT2D eigenvalue weighted by Gasteiger charge is 2.24. The number of halogens is 1. The van der Waals surface area contributed by atoms with Gasteiger partial charge < -0.3 is 16.0 Å². The molecule has 0 unspecified atom stereocenters. The molecule has 7 heteroatoms. The molecule has 1 aromatic rings. The van der Waals surface area contributed by atoms with E-state index in [-0.39, 0.29) is 34.9 Å². The molecule has 90 valence electrons. The second-order valence-electron chi connectivity index (χ2n) is 3.64. The lowest BCUT2D eigenvalue weighted by Gasteiger charge is -2.26. The zero-order chi connectivity index (χ0) is 12.4. The van der Waals surface area contributed by atoms with Crippen LogP contribution in [0.25, 0.3) is 0 Å². The van der Waals surface area contributed by atoms with Crippen LogP contribution in [0.15, 0.2) is 12.1 Å². The summed E-state index contributed by atoms with van der Waals surface area (Å²) in [4.78, 5) is 28.5. The molecule has 1 aliphatic rings. The first kappa shape index (κ1) is 11.7. The van der Waals surface area contributed by atoms with E-state index in [9.17, 15) is 9.59 Å². The topological polar surface area (TPSA) is 88.3 Å². The lowest BCUT2D eigenvalue weighted by molar-refractivity contribution is -0.123. The molecule has 0 saturated carbocycles. The van der Waals surface area contributed by atoms with E-state index in [0.29, 0.717) is 13.1 Å². The van der Waals surface area contributed by atoms with Crippen molar-refractivity contribution in [1.29, 1.82) is 0 Å². The van der Waals surface area contributed by atoms with E-state index >= 15 is 0 Å². The van der Waals surface area contributed by atoms with Crippen molar-refractivity contribution in [3.05, 3.63) is 22.8 Å². The van der Waals surface area contributed by atoms with Crippen molar-refractivity contribution in [2.45, 2.75) is 0 Å². The molecule has 0 bridgehead atoms. The first-order valence-corrected chi connectivity index (χ1v) is 5.43. The zero-order valence-corrected chi connectivity index (χ0v) is 9.70. The molecule has 0 radical (unpaired) electrons. The molecule has 1 fully saturated rings. The number of aromatic nitrogens is 1. The number of nitrogens with two attached hydrogens (primary N) is 1. The lowest BCUT2D eigenvalue weighted by Crippen LogP contribution is -2.50. The first-order valence-electron chi connectivity index (χ1n) is 5.06. The molecule has 0 aromatic carbocycles. The number of nitrogens with zero attached hydrogens (tertiary/aromatic N) is 2. The monoisotopic (exact) mass is 254 g/mol. The predicted molar refractivity (Wildman–Crippen MR) is 62.6 cm³/mol. The van der Waals surface area contributed by atoms with Gasteiger partial charge in [-0.25, -0.2) is 4.98 Å². The van der Waals surface area contributed by atoms with Crippen molar-refractivity contribution in [2.24, 2.45) is 0 Å². The zero-order valence-electron chi connectivity index (χ0n) is 8.94. The Balaban J connectivity index is 2.24. The highest BCUT2D eigenvalue weighted by Crippen LogP contribution is 2.17. The summed E-state index contributed by atoms with van der Waals surface area (Å²) in [5, 5.41) is 2.87. The SMILES string of the molecule is Nc1ccc(Cl)c(C(=O)N2CCNC(=O)C2)n1. The van der Waals surface area contributed by atoms with Crippen LogP contribution in [0.1, 0.15) is 10.5 Å². The third kappa shape index (κ3) is 2.47. The van der Waals surface area contributed by atoms with Crippen LogP contribution >= 0.6 is 11.6 Å². The number of carbonyl (C=O) groups excluding carboxylic acids is 2. The van der Waals surface area contributed by atoms with Crippen LogP contribution in [-0.4, -0.2) is 41.3 Å². The van der Waals surface area contributed by atoms with E-state index in [1.54, 1.807) is 0 Å². The fraction of sp³-hybridized carbons (Fsp3) is 0.300. The van der Waals surface area contributed by atoms with Crippen molar-refractivity contribution in [3.8, 4) is 0 Å². The number of hydrogen-bond donors (Lipinski definition) is 2. The van der Waals surface area contributed by atoms with Gasteiger partial charge in [-0.05, 0) is 12.1 Å². The minimum absolute atomic E-state index is 0.0195. The van der Waals surface area contributed by atoms with Crippen molar-refractivity contribution in [3.63, 3.8) is 0 Å². The number of piperazine rings is 1. The van der Waals surface area contributed by atoms with Gasteiger partial charge in [-0.1, -0.05) is 11.6 Å². The highest BCUT2D eigenvalue weighted by atomic mass is 35.5. The molecule has 1 aromatic heterocycles. The summed E-state index contributed by atoms with van der Waals surface area (Å²) in [6.45, 7) is 0.896. The van der Waals surface area contributed by atoms with Gasteiger partial charge in [0.15, 0.2) is 0 Å². The van der Waals surface area contributed by atoms with Crippen LogP contribution in [0.3, 0.4) is 0 Å². The molecule has 2 rings (SSSR count). The summed E-state index contributed by atoms with van der Waals surface area (Å²) in [5.74, 6) is -0.346. The molecule has 0 aliphatic carbocycles. The van der Waals surface area contributed by atoms with E-state index in [1.165, 1.54) is 17.0 Å². The Morgan fingerprint density at radius 1 is 1.53 bits per heavy atom. The average molecular weight is 255 g/mol. The molecule has 0 spiro atoms. The van der Waals surface area contributed by atoms with Gasteiger partial charge in [0.1, 0.15) is 11.5 Å². The molecule has 3 N–H and O–H groups in total. The average Bonchev–Trinajstić information content (AvgIpc) is 2.31. The molecule has 0 atom stereocenters. The Bertz CT molecular complexity index is 477. The molecule has 17 heavy (non-hydrogen) atoms. The van der Waals surface area contributed by atoms with Gasteiger partial charge in [-0.2, -0.15) is 0 Å². The third-order valence-electron chi connectivity index (χ3n) is 2.40. The van der Waals surface area contributed by atoms with Crippen LogP contribution < -0.4 is 11.1 Å². The van der Waals surface area contributed by atoms with Gasteiger partial charge in [0.05, 0.1) is 11.6 Å². The van der Waals surface area contributed by atoms with Crippen molar-refractivity contribution in [2.75, 3.05) is 25.4 Å². The Morgan fingerprint density at radius 3 is 3.00 bits per heavy atom. The Hall–Kier alpha value is -1.82. The van der Waals surface area contributed by atoms with Crippen LogP contribution in [-0.2, 0) is 4.79 Å².